The maximum absolute atomic E-state index is 6.38. The molecule has 2 N–H and O–H groups in total. The number of hydrogen-bond donors (Lipinski definition) is 1. The predicted molar refractivity (Wildman–Crippen MR) is 116 cm³/mol. The van der Waals surface area contributed by atoms with Gasteiger partial charge >= 0.3 is 0 Å². The van der Waals surface area contributed by atoms with E-state index in [1.165, 1.54) is 30.7 Å². The molecule has 1 aliphatic heterocycles. The van der Waals surface area contributed by atoms with Crippen molar-refractivity contribution in [1.29, 1.82) is 0 Å². The van der Waals surface area contributed by atoms with E-state index in [0.29, 0.717) is 22.8 Å². The molecule has 4 saturated carbocycles. The second kappa shape index (κ2) is 5.79. The number of piperidine rings is 1. The van der Waals surface area contributed by atoms with Gasteiger partial charge in [0.15, 0.2) is 0 Å². The van der Waals surface area contributed by atoms with Crippen molar-refractivity contribution in [2.24, 2.45) is 34.3 Å². The van der Waals surface area contributed by atoms with Crippen LogP contribution in [-0.2, 0) is 5.41 Å². The van der Waals surface area contributed by atoms with Gasteiger partial charge in [-0.15, -0.1) is 0 Å². The van der Waals surface area contributed by atoms with Crippen LogP contribution in [0.25, 0.3) is 0 Å². The van der Waals surface area contributed by atoms with Crippen molar-refractivity contribution in [2.45, 2.75) is 64.3 Å². The lowest BCUT2D eigenvalue weighted by Gasteiger charge is -2.48. The van der Waals surface area contributed by atoms with Gasteiger partial charge in [0.1, 0.15) is 0 Å². The summed E-state index contributed by atoms with van der Waals surface area (Å²) in [7, 11) is 0. The van der Waals surface area contributed by atoms with E-state index in [-0.39, 0.29) is 5.41 Å². The molecule has 6 rings (SSSR count). The molecule has 0 radical (unpaired) electrons. The van der Waals surface area contributed by atoms with E-state index < -0.39 is 0 Å². The molecule has 6 atom stereocenters. The van der Waals surface area contributed by atoms with E-state index in [1.54, 1.807) is 5.56 Å². The average molecular weight is 383 g/mol. The molecule has 3 heteroatoms. The summed E-state index contributed by atoms with van der Waals surface area (Å²) in [5, 5.41) is 0. The second-order valence-corrected chi connectivity index (χ2v) is 11.5. The maximum Gasteiger partial charge on any atom is 0.0816 e. The number of hydrogen-bond acceptors (Lipinski definition) is 2. The van der Waals surface area contributed by atoms with Crippen molar-refractivity contribution < 1.29 is 0 Å². The molecule has 27 heavy (non-hydrogen) atoms. The SMILES string of the molecule is CC12CC3CC(c4ccccc4)(CC1C3C(=S)N1CC[C@H](N)C(C)(C)C1)C2. The first-order valence-electron chi connectivity index (χ1n) is 10.8. The third kappa shape index (κ3) is 2.57. The van der Waals surface area contributed by atoms with E-state index in [2.05, 4.69) is 56.0 Å². The van der Waals surface area contributed by atoms with Crippen molar-refractivity contribution in [3.8, 4) is 0 Å². The monoisotopic (exact) mass is 382 g/mol. The number of benzene rings is 1. The smallest absolute Gasteiger partial charge is 0.0816 e. The summed E-state index contributed by atoms with van der Waals surface area (Å²) in [5.74, 6) is 2.16. The molecule has 146 valence electrons. The first kappa shape index (κ1) is 18.1. The van der Waals surface area contributed by atoms with Crippen LogP contribution in [0.5, 0.6) is 0 Å². The molecule has 1 aromatic carbocycles. The fraction of sp³-hybridized carbons (Fsp3) is 0.708. The Kier molecular flexibility index (Phi) is 3.89. The third-order valence-corrected chi connectivity index (χ3v) is 9.40. The second-order valence-electron chi connectivity index (χ2n) is 11.1. The van der Waals surface area contributed by atoms with E-state index in [4.69, 9.17) is 18.0 Å². The average Bonchev–Trinajstić information content (AvgIpc) is 2.96. The van der Waals surface area contributed by atoms with Crippen molar-refractivity contribution in [1.82, 2.24) is 4.90 Å². The van der Waals surface area contributed by atoms with Crippen LogP contribution in [-0.4, -0.2) is 29.0 Å². The summed E-state index contributed by atoms with van der Waals surface area (Å²) in [5.41, 5.74) is 9.02. The molecule has 1 saturated heterocycles. The molecular weight excluding hydrogens is 348 g/mol. The summed E-state index contributed by atoms with van der Waals surface area (Å²) in [6.45, 7) is 9.27. The summed E-state index contributed by atoms with van der Waals surface area (Å²) < 4.78 is 0. The number of rotatable bonds is 2. The third-order valence-electron chi connectivity index (χ3n) is 8.87. The van der Waals surface area contributed by atoms with Crippen molar-refractivity contribution in [3.05, 3.63) is 35.9 Å². The van der Waals surface area contributed by atoms with Crippen LogP contribution >= 0.6 is 12.2 Å². The van der Waals surface area contributed by atoms with Gasteiger partial charge in [0.2, 0.25) is 0 Å². The summed E-state index contributed by atoms with van der Waals surface area (Å²) in [6, 6.07) is 11.6. The van der Waals surface area contributed by atoms with Crippen molar-refractivity contribution in [3.63, 3.8) is 0 Å². The van der Waals surface area contributed by atoms with Gasteiger partial charge in [0.05, 0.1) is 4.99 Å². The highest BCUT2D eigenvalue weighted by Gasteiger charge is 2.67. The van der Waals surface area contributed by atoms with Crippen LogP contribution in [0.3, 0.4) is 0 Å². The number of nitrogens with zero attached hydrogens (tertiary/aromatic N) is 1. The highest BCUT2D eigenvalue weighted by atomic mass is 32.1. The summed E-state index contributed by atoms with van der Waals surface area (Å²) in [4.78, 5) is 3.81. The lowest BCUT2D eigenvalue weighted by molar-refractivity contribution is 0.134. The van der Waals surface area contributed by atoms with Crippen LogP contribution in [0, 0.1) is 28.6 Å². The van der Waals surface area contributed by atoms with Crippen molar-refractivity contribution >= 4 is 17.2 Å². The van der Waals surface area contributed by atoms with Crippen LogP contribution in [0.15, 0.2) is 30.3 Å². The standard InChI is InChI=1S/C24H34N2S/c1-22(2)15-26(10-9-19(22)25)21(27)20-16-11-23(3)14-24(12-16,13-18(20)23)17-7-5-4-6-8-17/h4-8,16,18-20H,9-15,25H2,1-3H3/t16?,18?,19-,20?,23?,24?/m0/s1. The molecule has 5 fully saturated rings. The zero-order valence-electron chi connectivity index (χ0n) is 17.1. The van der Waals surface area contributed by atoms with Gasteiger partial charge in [0.25, 0.3) is 0 Å². The van der Waals surface area contributed by atoms with Gasteiger partial charge < -0.3 is 10.6 Å². The zero-order valence-corrected chi connectivity index (χ0v) is 17.9. The fourth-order valence-corrected chi connectivity index (χ4v) is 8.13. The van der Waals surface area contributed by atoms with E-state index in [9.17, 15) is 0 Å². The first-order chi connectivity index (χ1) is 12.7. The Labute approximate surface area is 169 Å². The molecule has 2 nitrogen and oxygen atoms in total. The highest BCUT2D eigenvalue weighted by molar-refractivity contribution is 7.80. The Morgan fingerprint density at radius 2 is 1.85 bits per heavy atom. The zero-order chi connectivity index (χ0) is 19.0. The number of nitrogens with two attached hydrogens (primary N) is 1. The lowest BCUT2D eigenvalue weighted by Crippen LogP contribution is -2.55. The molecule has 0 amide bonds. The Hall–Kier alpha value is -0.930. The first-order valence-corrected chi connectivity index (χ1v) is 11.2. The molecule has 1 heterocycles. The van der Waals surface area contributed by atoms with Crippen LogP contribution in [0.2, 0.25) is 0 Å². The van der Waals surface area contributed by atoms with E-state index >= 15 is 0 Å². The molecule has 4 aliphatic carbocycles. The largest absolute Gasteiger partial charge is 0.365 e. The predicted octanol–water partition coefficient (Wildman–Crippen LogP) is 4.77. The Morgan fingerprint density at radius 1 is 1.11 bits per heavy atom. The molecule has 5 unspecified atom stereocenters. The molecule has 5 aliphatic rings. The fourth-order valence-electron chi connectivity index (χ4n) is 7.61. The van der Waals surface area contributed by atoms with Gasteiger partial charge in [-0.3, -0.25) is 0 Å². The normalized spacial score (nSPS) is 44.7. The molecule has 0 spiro atoms. The lowest BCUT2D eigenvalue weighted by atomic mass is 9.62. The van der Waals surface area contributed by atoms with E-state index in [1.807, 2.05) is 0 Å². The van der Waals surface area contributed by atoms with Gasteiger partial charge in [-0.25, -0.2) is 0 Å². The van der Waals surface area contributed by atoms with Gasteiger partial charge in [0, 0.05) is 25.0 Å². The van der Waals surface area contributed by atoms with Crippen molar-refractivity contribution in [2.75, 3.05) is 13.1 Å². The van der Waals surface area contributed by atoms with Gasteiger partial charge in [-0.05, 0) is 65.7 Å². The van der Waals surface area contributed by atoms with Gasteiger partial charge in [-0.1, -0.05) is 63.3 Å². The Balaban J connectivity index is 1.41. The topological polar surface area (TPSA) is 29.3 Å². The van der Waals surface area contributed by atoms with Crippen LogP contribution in [0.1, 0.15) is 58.4 Å². The number of likely N-dealkylation sites (tertiary alicyclic amines) is 1. The van der Waals surface area contributed by atoms with E-state index in [0.717, 1.165) is 31.3 Å². The highest BCUT2D eigenvalue weighted by Crippen LogP contribution is 2.72. The minimum absolute atomic E-state index is 0.160. The quantitative estimate of drug-likeness (QED) is 0.747. The number of thiocarbonyl (C=S) groups is 1. The summed E-state index contributed by atoms with van der Waals surface area (Å²) >= 11 is 6.19. The minimum Gasteiger partial charge on any atom is -0.365 e. The molecule has 0 aromatic heterocycles. The Bertz CT molecular complexity index is 759. The Morgan fingerprint density at radius 3 is 2.52 bits per heavy atom. The maximum atomic E-state index is 6.38. The minimum atomic E-state index is 0.160. The molecule has 4 bridgehead atoms. The molecule has 1 aromatic rings. The summed E-state index contributed by atoms with van der Waals surface area (Å²) in [6.07, 6.45) is 6.49. The van der Waals surface area contributed by atoms with Gasteiger partial charge in [-0.2, -0.15) is 0 Å². The molecular formula is C24H34N2S. The van der Waals surface area contributed by atoms with Crippen LogP contribution in [0.4, 0.5) is 0 Å². The van der Waals surface area contributed by atoms with Crippen LogP contribution < -0.4 is 5.73 Å².